The molecular weight excluding hydrogens is 204 g/mol. The number of rotatable bonds is 6. The summed E-state index contributed by atoms with van der Waals surface area (Å²) in [6.07, 6.45) is 5.56. The Labute approximate surface area is 95.6 Å². The van der Waals surface area contributed by atoms with Crippen molar-refractivity contribution in [3.05, 3.63) is 24.0 Å². The van der Waals surface area contributed by atoms with Gasteiger partial charge in [-0.15, -0.1) is 0 Å². The minimum atomic E-state index is 0.0528. The highest BCUT2D eigenvalue weighted by molar-refractivity contribution is 5.95. The predicted octanol–water partition coefficient (Wildman–Crippen LogP) is 1.61. The van der Waals surface area contributed by atoms with Gasteiger partial charge in [-0.05, 0) is 12.5 Å². The molecule has 0 atom stereocenters. The first-order valence-corrected chi connectivity index (χ1v) is 5.57. The van der Waals surface area contributed by atoms with Gasteiger partial charge in [-0.2, -0.15) is 0 Å². The van der Waals surface area contributed by atoms with Gasteiger partial charge in [-0.1, -0.05) is 6.92 Å². The first-order chi connectivity index (χ1) is 7.67. The van der Waals surface area contributed by atoms with Gasteiger partial charge in [0, 0.05) is 44.4 Å². The van der Waals surface area contributed by atoms with E-state index in [9.17, 15) is 9.59 Å². The maximum Gasteiger partial charge on any atom is 0.219 e. The van der Waals surface area contributed by atoms with E-state index in [-0.39, 0.29) is 11.7 Å². The average molecular weight is 222 g/mol. The molecule has 0 unspecified atom stereocenters. The van der Waals surface area contributed by atoms with Crippen molar-refractivity contribution in [2.24, 2.45) is 0 Å². The van der Waals surface area contributed by atoms with Crippen LogP contribution in [0.1, 0.15) is 36.5 Å². The summed E-state index contributed by atoms with van der Waals surface area (Å²) in [4.78, 5) is 22.4. The zero-order valence-corrected chi connectivity index (χ0v) is 9.82. The van der Waals surface area contributed by atoms with Gasteiger partial charge < -0.3 is 9.88 Å². The molecule has 4 heteroatoms. The summed E-state index contributed by atoms with van der Waals surface area (Å²) in [5, 5.41) is 2.58. The standard InChI is InChI=1S/C12H18N2O2/c1-3-11(15)10-6-8-14(9-10)7-4-5-12(16)13-2/h6,8-9H,3-5,7H2,1-2H3,(H,13,16). The van der Waals surface area contributed by atoms with Gasteiger partial charge in [-0.3, -0.25) is 9.59 Å². The molecule has 0 saturated carbocycles. The van der Waals surface area contributed by atoms with Gasteiger partial charge in [-0.25, -0.2) is 0 Å². The predicted molar refractivity (Wildman–Crippen MR) is 62.4 cm³/mol. The van der Waals surface area contributed by atoms with Crippen molar-refractivity contribution in [1.82, 2.24) is 9.88 Å². The molecule has 0 saturated heterocycles. The fraction of sp³-hybridized carbons (Fsp3) is 0.500. The Bertz CT molecular complexity index is 369. The number of aromatic nitrogens is 1. The Morgan fingerprint density at radius 2 is 2.19 bits per heavy atom. The SMILES string of the molecule is CCC(=O)c1ccn(CCCC(=O)NC)c1. The molecule has 1 aromatic rings. The van der Waals surface area contributed by atoms with E-state index in [1.54, 1.807) is 7.05 Å². The van der Waals surface area contributed by atoms with E-state index in [1.165, 1.54) is 0 Å². The number of nitrogens with zero attached hydrogens (tertiary/aromatic N) is 1. The smallest absolute Gasteiger partial charge is 0.219 e. The number of aryl methyl sites for hydroxylation is 1. The molecule has 1 aromatic heterocycles. The van der Waals surface area contributed by atoms with Gasteiger partial charge in [0.1, 0.15) is 0 Å². The lowest BCUT2D eigenvalue weighted by Gasteiger charge is -2.02. The molecule has 0 fully saturated rings. The number of Topliss-reactive ketones (excluding diaryl/α,β-unsaturated/α-hetero) is 1. The summed E-state index contributed by atoms with van der Waals surface area (Å²) in [5.74, 6) is 0.210. The molecule has 0 radical (unpaired) electrons. The van der Waals surface area contributed by atoms with Crippen LogP contribution in [0.5, 0.6) is 0 Å². The van der Waals surface area contributed by atoms with Crippen molar-refractivity contribution in [1.29, 1.82) is 0 Å². The van der Waals surface area contributed by atoms with Crippen LogP contribution in [0.25, 0.3) is 0 Å². The highest BCUT2D eigenvalue weighted by Gasteiger charge is 2.04. The van der Waals surface area contributed by atoms with Gasteiger partial charge in [0.25, 0.3) is 0 Å². The fourth-order valence-corrected chi connectivity index (χ4v) is 1.50. The number of ketones is 1. The number of hydrogen-bond donors (Lipinski definition) is 1. The highest BCUT2D eigenvalue weighted by Crippen LogP contribution is 2.06. The van der Waals surface area contributed by atoms with E-state index >= 15 is 0 Å². The van der Waals surface area contributed by atoms with Crippen LogP contribution in [-0.2, 0) is 11.3 Å². The molecule has 0 aromatic carbocycles. The fourth-order valence-electron chi connectivity index (χ4n) is 1.50. The van der Waals surface area contributed by atoms with Crippen molar-refractivity contribution in [2.45, 2.75) is 32.7 Å². The van der Waals surface area contributed by atoms with Crippen LogP contribution < -0.4 is 5.32 Å². The van der Waals surface area contributed by atoms with Crippen LogP contribution in [0.15, 0.2) is 18.5 Å². The number of nitrogens with one attached hydrogen (secondary N) is 1. The second-order valence-electron chi connectivity index (χ2n) is 3.69. The number of hydrogen-bond acceptors (Lipinski definition) is 2. The van der Waals surface area contributed by atoms with E-state index in [0.29, 0.717) is 12.8 Å². The zero-order valence-electron chi connectivity index (χ0n) is 9.82. The molecule has 1 amide bonds. The topological polar surface area (TPSA) is 51.1 Å². The molecule has 88 valence electrons. The van der Waals surface area contributed by atoms with Crippen LogP contribution in [0.2, 0.25) is 0 Å². The molecule has 0 spiro atoms. The van der Waals surface area contributed by atoms with Crippen molar-refractivity contribution in [3.63, 3.8) is 0 Å². The molecule has 1 N–H and O–H groups in total. The second kappa shape index (κ2) is 6.10. The van der Waals surface area contributed by atoms with Gasteiger partial charge in [0.2, 0.25) is 5.91 Å². The van der Waals surface area contributed by atoms with Crippen LogP contribution >= 0.6 is 0 Å². The Morgan fingerprint density at radius 3 is 2.81 bits per heavy atom. The summed E-state index contributed by atoms with van der Waals surface area (Å²) in [6, 6.07) is 1.83. The van der Waals surface area contributed by atoms with Crippen molar-refractivity contribution in [2.75, 3.05) is 7.05 Å². The molecular formula is C12H18N2O2. The normalized spacial score (nSPS) is 10.1. The lowest BCUT2D eigenvalue weighted by atomic mass is 10.2. The van der Waals surface area contributed by atoms with Crippen LogP contribution in [0, 0.1) is 0 Å². The van der Waals surface area contributed by atoms with E-state index in [0.717, 1.165) is 18.5 Å². The quantitative estimate of drug-likeness (QED) is 0.743. The third-order valence-corrected chi connectivity index (χ3v) is 2.49. The maximum atomic E-state index is 11.4. The monoisotopic (exact) mass is 222 g/mol. The molecule has 1 heterocycles. The molecule has 0 aliphatic carbocycles. The third-order valence-electron chi connectivity index (χ3n) is 2.49. The highest BCUT2D eigenvalue weighted by atomic mass is 16.1. The summed E-state index contributed by atoms with van der Waals surface area (Å²) >= 11 is 0. The van der Waals surface area contributed by atoms with Crippen LogP contribution in [0.3, 0.4) is 0 Å². The Balaban J connectivity index is 2.41. The minimum Gasteiger partial charge on any atom is -0.359 e. The second-order valence-corrected chi connectivity index (χ2v) is 3.69. The number of amides is 1. The van der Waals surface area contributed by atoms with Gasteiger partial charge in [0.15, 0.2) is 5.78 Å². The van der Waals surface area contributed by atoms with E-state index in [4.69, 9.17) is 0 Å². The van der Waals surface area contributed by atoms with Crippen molar-refractivity contribution >= 4 is 11.7 Å². The lowest BCUT2D eigenvalue weighted by molar-refractivity contribution is -0.120. The third kappa shape index (κ3) is 3.53. The number of carbonyl (C=O) groups excluding carboxylic acids is 2. The Morgan fingerprint density at radius 1 is 1.44 bits per heavy atom. The zero-order chi connectivity index (χ0) is 12.0. The van der Waals surface area contributed by atoms with E-state index in [1.807, 2.05) is 30.0 Å². The van der Waals surface area contributed by atoms with Crippen molar-refractivity contribution < 1.29 is 9.59 Å². The summed E-state index contributed by atoms with van der Waals surface area (Å²) in [6.45, 7) is 2.62. The molecule has 0 aliphatic rings. The molecule has 16 heavy (non-hydrogen) atoms. The lowest BCUT2D eigenvalue weighted by Crippen LogP contribution is -2.17. The number of carbonyl (C=O) groups is 2. The first kappa shape index (κ1) is 12.5. The van der Waals surface area contributed by atoms with E-state index < -0.39 is 0 Å². The van der Waals surface area contributed by atoms with Gasteiger partial charge in [0.05, 0.1) is 0 Å². The summed E-state index contributed by atoms with van der Waals surface area (Å²) < 4.78 is 1.95. The molecule has 1 rings (SSSR count). The molecule has 0 bridgehead atoms. The Kier molecular flexibility index (Phi) is 4.76. The summed E-state index contributed by atoms with van der Waals surface area (Å²) in [5.41, 5.74) is 0.752. The van der Waals surface area contributed by atoms with Gasteiger partial charge >= 0.3 is 0 Å². The van der Waals surface area contributed by atoms with E-state index in [2.05, 4.69) is 5.32 Å². The van der Waals surface area contributed by atoms with Crippen molar-refractivity contribution in [3.8, 4) is 0 Å². The first-order valence-electron chi connectivity index (χ1n) is 5.57. The van der Waals surface area contributed by atoms with Crippen LogP contribution in [-0.4, -0.2) is 23.3 Å². The minimum absolute atomic E-state index is 0.0528. The molecule has 4 nitrogen and oxygen atoms in total. The maximum absolute atomic E-state index is 11.4. The Hall–Kier alpha value is -1.58. The molecule has 0 aliphatic heterocycles. The van der Waals surface area contributed by atoms with Crippen LogP contribution in [0.4, 0.5) is 0 Å². The summed E-state index contributed by atoms with van der Waals surface area (Å²) in [7, 11) is 1.63. The average Bonchev–Trinajstić information content (AvgIpc) is 2.76. The largest absolute Gasteiger partial charge is 0.359 e.